The van der Waals surface area contributed by atoms with E-state index in [-0.39, 0.29) is 28.6 Å². The summed E-state index contributed by atoms with van der Waals surface area (Å²) < 4.78 is 43.8. The van der Waals surface area contributed by atoms with Gasteiger partial charge in [0.15, 0.2) is 0 Å². The molecule has 116 valence electrons. The van der Waals surface area contributed by atoms with Gasteiger partial charge in [0.2, 0.25) is 0 Å². The van der Waals surface area contributed by atoms with Gasteiger partial charge in [-0.2, -0.15) is 13.2 Å². The highest BCUT2D eigenvalue weighted by Crippen LogP contribution is 2.35. The van der Waals surface area contributed by atoms with Gasteiger partial charge in [0, 0.05) is 22.5 Å². The molecular weight excluding hydrogens is 374 g/mol. The molecule has 0 spiro atoms. The molecule has 0 bridgehead atoms. The molecule has 1 aliphatic rings. The second-order valence-corrected chi connectivity index (χ2v) is 5.74. The molecule has 0 saturated carbocycles. The number of amides is 1. The van der Waals surface area contributed by atoms with Crippen molar-refractivity contribution in [3.63, 3.8) is 0 Å². The number of rotatable bonds is 2. The number of hydrogen-bond acceptors (Lipinski definition) is 2. The Morgan fingerprint density at radius 3 is 2.81 bits per heavy atom. The molecule has 1 saturated heterocycles. The molecule has 0 N–H and O–H groups in total. The summed E-state index contributed by atoms with van der Waals surface area (Å²) in [4.78, 5) is 13.8. The summed E-state index contributed by atoms with van der Waals surface area (Å²) in [7, 11) is 0. The van der Waals surface area contributed by atoms with Gasteiger partial charge >= 0.3 is 6.18 Å². The van der Waals surface area contributed by atoms with E-state index in [1.165, 1.54) is 17.0 Å². The highest BCUT2D eigenvalue weighted by Gasteiger charge is 2.35. The first-order chi connectivity index (χ1) is 9.84. The third-order valence-corrected chi connectivity index (χ3v) is 4.23. The molecule has 0 aromatic heterocycles. The molecule has 2 rings (SSSR count). The summed E-state index contributed by atoms with van der Waals surface area (Å²) in [6, 6.07) is 3.12. The van der Waals surface area contributed by atoms with E-state index in [0.29, 0.717) is 13.2 Å². The van der Waals surface area contributed by atoms with Crippen LogP contribution in [0, 0.1) is 0 Å². The van der Waals surface area contributed by atoms with E-state index in [9.17, 15) is 18.0 Å². The van der Waals surface area contributed by atoms with Gasteiger partial charge in [0.25, 0.3) is 5.91 Å². The molecule has 0 radical (unpaired) electrons. The maximum Gasteiger partial charge on any atom is 0.417 e. The van der Waals surface area contributed by atoms with Crippen molar-refractivity contribution in [2.45, 2.75) is 12.2 Å². The van der Waals surface area contributed by atoms with Crippen molar-refractivity contribution in [1.82, 2.24) is 4.90 Å². The summed E-state index contributed by atoms with van der Waals surface area (Å²) in [6.07, 6.45) is -4.52. The van der Waals surface area contributed by atoms with Crippen LogP contribution < -0.4 is 0 Å². The fourth-order valence-corrected chi connectivity index (χ4v) is 2.82. The van der Waals surface area contributed by atoms with E-state index in [2.05, 4.69) is 15.9 Å². The number of hydrogen-bond donors (Lipinski definition) is 0. The van der Waals surface area contributed by atoms with Gasteiger partial charge in [-0.25, -0.2) is 0 Å². The Labute approximate surface area is 133 Å². The molecule has 1 amide bonds. The largest absolute Gasteiger partial charge is 0.417 e. The first-order valence-electron chi connectivity index (χ1n) is 6.16. The number of halogens is 5. The Hall–Kier alpha value is -0.790. The predicted octanol–water partition coefficient (Wildman–Crippen LogP) is 3.55. The van der Waals surface area contributed by atoms with Crippen LogP contribution in [0.4, 0.5) is 13.2 Å². The monoisotopic (exact) mass is 385 g/mol. The highest BCUT2D eigenvalue weighted by molar-refractivity contribution is 9.10. The smallest absolute Gasteiger partial charge is 0.377 e. The van der Waals surface area contributed by atoms with Crippen LogP contribution in [-0.4, -0.2) is 42.5 Å². The fourth-order valence-electron chi connectivity index (χ4n) is 2.09. The molecule has 3 nitrogen and oxygen atoms in total. The maximum absolute atomic E-state index is 12.9. The topological polar surface area (TPSA) is 29.5 Å². The van der Waals surface area contributed by atoms with Crippen molar-refractivity contribution in [2.75, 3.05) is 25.6 Å². The van der Waals surface area contributed by atoms with Crippen LogP contribution in [0.3, 0.4) is 0 Å². The SMILES string of the molecule is O=C(c1ccc(Br)c(C(F)(F)F)c1)N1CCOCC1CCl. The first-order valence-corrected chi connectivity index (χ1v) is 7.48. The number of carbonyl (C=O) groups excluding carboxylic acids is 1. The second kappa shape index (κ2) is 6.54. The van der Waals surface area contributed by atoms with E-state index >= 15 is 0 Å². The molecular formula is C13H12BrClF3NO2. The number of nitrogens with zero attached hydrogens (tertiary/aromatic N) is 1. The molecule has 1 aliphatic heterocycles. The zero-order valence-electron chi connectivity index (χ0n) is 10.8. The normalized spacial score (nSPS) is 19.7. The molecule has 1 aromatic carbocycles. The standard InChI is InChI=1S/C13H12BrClF3NO2/c14-11-2-1-8(5-10(11)13(16,17)18)12(20)19-3-4-21-7-9(19)6-15/h1-2,5,9H,3-4,6-7H2. The molecule has 1 aromatic rings. The molecule has 0 aliphatic carbocycles. The summed E-state index contributed by atoms with van der Waals surface area (Å²) in [5.74, 6) is -0.295. The highest BCUT2D eigenvalue weighted by atomic mass is 79.9. The zero-order valence-corrected chi connectivity index (χ0v) is 13.1. The summed E-state index contributed by atoms with van der Waals surface area (Å²) in [5.41, 5.74) is -0.883. The average Bonchev–Trinajstić information content (AvgIpc) is 2.45. The maximum atomic E-state index is 12.9. The van der Waals surface area contributed by atoms with Crippen molar-refractivity contribution in [2.24, 2.45) is 0 Å². The van der Waals surface area contributed by atoms with Crippen LogP contribution >= 0.6 is 27.5 Å². The zero-order chi connectivity index (χ0) is 15.6. The quantitative estimate of drug-likeness (QED) is 0.728. The van der Waals surface area contributed by atoms with Crippen LogP contribution in [-0.2, 0) is 10.9 Å². The lowest BCUT2D eigenvalue weighted by molar-refractivity contribution is -0.138. The van der Waals surface area contributed by atoms with Gasteiger partial charge < -0.3 is 9.64 Å². The number of benzene rings is 1. The molecule has 8 heteroatoms. The van der Waals surface area contributed by atoms with Crippen molar-refractivity contribution < 1.29 is 22.7 Å². The molecule has 1 atom stereocenters. The van der Waals surface area contributed by atoms with Crippen LogP contribution in [0.5, 0.6) is 0 Å². The van der Waals surface area contributed by atoms with E-state index in [1.54, 1.807) is 0 Å². The Morgan fingerprint density at radius 1 is 1.48 bits per heavy atom. The summed E-state index contributed by atoms with van der Waals surface area (Å²) in [6.45, 7) is 0.952. The van der Waals surface area contributed by atoms with Gasteiger partial charge in [-0.15, -0.1) is 11.6 Å². The third-order valence-electron chi connectivity index (χ3n) is 3.19. The van der Waals surface area contributed by atoms with Crippen molar-refractivity contribution in [3.05, 3.63) is 33.8 Å². The van der Waals surface area contributed by atoms with Gasteiger partial charge in [0.1, 0.15) is 0 Å². The van der Waals surface area contributed by atoms with Gasteiger partial charge in [0.05, 0.1) is 24.8 Å². The van der Waals surface area contributed by atoms with Gasteiger partial charge in [-0.1, -0.05) is 15.9 Å². The number of alkyl halides is 4. The lowest BCUT2D eigenvalue weighted by Gasteiger charge is -2.34. The lowest BCUT2D eigenvalue weighted by Crippen LogP contribution is -2.49. The van der Waals surface area contributed by atoms with Crippen LogP contribution in [0.1, 0.15) is 15.9 Å². The van der Waals surface area contributed by atoms with Gasteiger partial charge in [-0.3, -0.25) is 4.79 Å². The Balaban J connectivity index is 2.31. The second-order valence-electron chi connectivity index (χ2n) is 4.57. The number of morpholine rings is 1. The lowest BCUT2D eigenvalue weighted by atomic mass is 10.1. The third kappa shape index (κ3) is 3.70. The minimum atomic E-state index is -4.52. The molecule has 1 unspecified atom stereocenters. The predicted molar refractivity (Wildman–Crippen MR) is 75.5 cm³/mol. The Morgan fingerprint density at radius 2 is 2.19 bits per heavy atom. The van der Waals surface area contributed by atoms with Crippen LogP contribution in [0.15, 0.2) is 22.7 Å². The Kier molecular flexibility index (Phi) is 5.16. The molecule has 1 fully saturated rings. The van der Waals surface area contributed by atoms with Crippen LogP contribution in [0.2, 0.25) is 0 Å². The minimum absolute atomic E-state index is 0.0115. The molecule has 21 heavy (non-hydrogen) atoms. The Bertz CT molecular complexity index is 539. The average molecular weight is 387 g/mol. The minimum Gasteiger partial charge on any atom is -0.377 e. The van der Waals surface area contributed by atoms with Gasteiger partial charge in [-0.05, 0) is 18.2 Å². The van der Waals surface area contributed by atoms with Crippen LogP contribution in [0.25, 0.3) is 0 Å². The number of ether oxygens (including phenoxy) is 1. The van der Waals surface area contributed by atoms with E-state index in [4.69, 9.17) is 16.3 Å². The number of carbonyl (C=O) groups is 1. The molecule has 1 heterocycles. The van der Waals surface area contributed by atoms with Crippen molar-refractivity contribution >= 4 is 33.4 Å². The van der Waals surface area contributed by atoms with Crippen molar-refractivity contribution in [3.8, 4) is 0 Å². The first kappa shape index (κ1) is 16.6. The summed E-state index contributed by atoms with van der Waals surface area (Å²) in [5, 5.41) is 0. The fraction of sp³-hybridized carbons (Fsp3) is 0.462. The van der Waals surface area contributed by atoms with E-state index < -0.39 is 17.6 Å². The van der Waals surface area contributed by atoms with Crippen molar-refractivity contribution in [1.29, 1.82) is 0 Å². The van der Waals surface area contributed by atoms with E-state index in [0.717, 1.165) is 6.07 Å². The summed E-state index contributed by atoms with van der Waals surface area (Å²) >= 11 is 8.63. The van der Waals surface area contributed by atoms with E-state index in [1.807, 2.05) is 0 Å².